The van der Waals surface area contributed by atoms with Crippen molar-refractivity contribution in [2.75, 3.05) is 26.2 Å². The Hall–Kier alpha value is -0.900. The minimum absolute atomic E-state index is 0.117. The van der Waals surface area contributed by atoms with E-state index in [4.69, 9.17) is 10.5 Å². The molecule has 2 unspecified atom stereocenters. The molecule has 0 amide bonds. The normalized spacial score (nSPS) is 26.1. The summed E-state index contributed by atoms with van der Waals surface area (Å²) in [5.41, 5.74) is 8.43. The first-order chi connectivity index (χ1) is 8.26. The molecule has 1 aliphatic heterocycles. The van der Waals surface area contributed by atoms with Crippen LogP contribution in [0.4, 0.5) is 0 Å². The molecular formula is C14H22N2O. The van der Waals surface area contributed by atoms with Gasteiger partial charge in [-0.1, -0.05) is 36.8 Å². The second kappa shape index (κ2) is 5.63. The Morgan fingerprint density at radius 2 is 2.06 bits per heavy atom. The quantitative estimate of drug-likeness (QED) is 0.865. The van der Waals surface area contributed by atoms with E-state index < -0.39 is 0 Å². The predicted molar refractivity (Wildman–Crippen MR) is 70.0 cm³/mol. The third-order valence-electron chi connectivity index (χ3n) is 3.51. The van der Waals surface area contributed by atoms with Crippen LogP contribution >= 0.6 is 0 Å². The van der Waals surface area contributed by atoms with Crippen molar-refractivity contribution in [1.29, 1.82) is 0 Å². The summed E-state index contributed by atoms with van der Waals surface area (Å²) in [6.07, 6.45) is 0.117. The van der Waals surface area contributed by atoms with Gasteiger partial charge in [0, 0.05) is 13.1 Å². The van der Waals surface area contributed by atoms with Crippen LogP contribution in [-0.4, -0.2) is 37.2 Å². The van der Waals surface area contributed by atoms with Crippen molar-refractivity contribution in [3.05, 3.63) is 35.4 Å². The molecule has 2 rings (SSSR count). The highest BCUT2D eigenvalue weighted by Gasteiger charge is 2.31. The van der Waals surface area contributed by atoms with Gasteiger partial charge in [0.25, 0.3) is 0 Å². The van der Waals surface area contributed by atoms with E-state index in [9.17, 15) is 0 Å². The van der Waals surface area contributed by atoms with Gasteiger partial charge in [-0.2, -0.15) is 0 Å². The number of nitrogens with zero attached hydrogens (tertiary/aromatic N) is 1. The van der Waals surface area contributed by atoms with Gasteiger partial charge in [-0.25, -0.2) is 0 Å². The van der Waals surface area contributed by atoms with E-state index in [-0.39, 0.29) is 6.10 Å². The van der Waals surface area contributed by atoms with Crippen molar-refractivity contribution in [2.45, 2.75) is 26.0 Å². The zero-order valence-electron chi connectivity index (χ0n) is 10.7. The van der Waals surface area contributed by atoms with Crippen molar-refractivity contribution in [3.8, 4) is 0 Å². The van der Waals surface area contributed by atoms with E-state index >= 15 is 0 Å². The van der Waals surface area contributed by atoms with Gasteiger partial charge in [0.2, 0.25) is 0 Å². The summed E-state index contributed by atoms with van der Waals surface area (Å²) in [5, 5.41) is 0. The lowest BCUT2D eigenvalue weighted by atomic mass is 9.97. The van der Waals surface area contributed by atoms with Crippen LogP contribution in [0.1, 0.15) is 24.1 Å². The van der Waals surface area contributed by atoms with Crippen LogP contribution in [0.2, 0.25) is 0 Å². The smallest absolute Gasteiger partial charge is 0.0894 e. The molecule has 0 spiro atoms. The summed E-state index contributed by atoms with van der Waals surface area (Å²) in [6.45, 7) is 7.70. The lowest BCUT2D eigenvalue weighted by Crippen LogP contribution is -2.48. The zero-order valence-corrected chi connectivity index (χ0v) is 10.7. The number of nitrogens with two attached hydrogens (primary N) is 1. The van der Waals surface area contributed by atoms with Gasteiger partial charge in [-0.3, -0.25) is 4.90 Å². The minimum atomic E-state index is 0.117. The first kappa shape index (κ1) is 12.6. The Morgan fingerprint density at radius 1 is 1.35 bits per heavy atom. The largest absolute Gasteiger partial charge is 0.374 e. The van der Waals surface area contributed by atoms with Crippen LogP contribution < -0.4 is 5.73 Å². The average molecular weight is 234 g/mol. The van der Waals surface area contributed by atoms with E-state index in [1.165, 1.54) is 11.1 Å². The molecule has 1 aromatic carbocycles. The van der Waals surface area contributed by atoms with Crippen molar-refractivity contribution in [3.63, 3.8) is 0 Å². The maximum Gasteiger partial charge on any atom is 0.0894 e. The van der Waals surface area contributed by atoms with Gasteiger partial charge in [-0.05, 0) is 19.0 Å². The van der Waals surface area contributed by atoms with Crippen LogP contribution in [0.3, 0.4) is 0 Å². The molecule has 0 aromatic heterocycles. The molecule has 0 saturated carbocycles. The maximum atomic E-state index is 5.83. The number of morpholine rings is 1. The van der Waals surface area contributed by atoms with Crippen LogP contribution in [0, 0.1) is 6.92 Å². The molecule has 1 fully saturated rings. The molecule has 0 radical (unpaired) electrons. The van der Waals surface area contributed by atoms with Gasteiger partial charge in [0.05, 0.1) is 18.8 Å². The Morgan fingerprint density at radius 3 is 2.65 bits per heavy atom. The zero-order chi connectivity index (χ0) is 12.3. The lowest BCUT2D eigenvalue weighted by molar-refractivity contribution is -0.0658. The standard InChI is InChI=1S/C14H22N2O/c1-3-16-8-9-17-13(10-15)14(16)12-6-4-11(2)5-7-12/h4-7,13-14H,3,8-10,15H2,1-2H3. The molecule has 1 heterocycles. The molecule has 2 N–H and O–H groups in total. The fourth-order valence-electron chi connectivity index (χ4n) is 2.53. The van der Waals surface area contributed by atoms with E-state index in [0.29, 0.717) is 12.6 Å². The van der Waals surface area contributed by atoms with Crippen molar-refractivity contribution < 1.29 is 4.74 Å². The lowest BCUT2D eigenvalue weighted by Gasteiger charge is -2.40. The third-order valence-corrected chi connectivity index (χ3v) is 3.51. The SMILES string of the molecule is CCN1CCOC(CN)C1c1ccc(C)cc1. The molecule has 1 aromatic rings. The molecule has 3 nitrogen and oxygen atoms in total. The van der Waals surface area contributed by atoms with Crippen LogP contribution in [-0.2, 0) is 4.74 Å². The van der Waals surface area contributed by atoms with Gasteiger partial charge >= 0.3 is 0 Å². The molecule has 1 saturated heterocycles. The maximum absolute atomic E-state index is 5.83. The highest BCUT2D eigenvalue weighted by molar-refractivity contribution is 5.25. The Balaban J connectivity index is 2.26. The monoisotopic (exact) mass is 234 g/mol. The third kappa shape index (κ3) is 2.68. The Kier molecular flexibility index (Phi) is 4.15. The summed E-state index contributed by atoms with van der Waals surface area (Å²) in [6, 6.07) is 9.01. The van der Waals surface area contributed by atoms with Crippen molar-refractivity contribution in [2.24, 2.45) is 5.73 Å². The van der Waals surface area contributed by atoms with Gasteiger partial charge in [0.1, 0.15) is 0 Å². The summed E-state index contributed by atoms with van der Waals surface area (Å²) in [4.78, 5) is 2.45. The van der Waals surface area contributed by atoms with E-state index in [1.54, 1.807) is 0 Å². The highest BCUT2D eigenvalue weighted by Crippen LogP contribution is 2.28. The minimum Gasteiger partial charge on any atom is -0.374 e. The summed E-state index contributed by atoms with van der Waals surface area (Å²) in [7, 11) is 0. The fourth-order valence-corrected chi connectivity index (χ4v) is 2.53. The first-order valence-electron chi connectivity index (χ1n) is 6.38. The Labute approximate surface area is 104 Å². The van der Waals surface area contributed by atoms with Gasteiger partial charge in [-0.15, -0.1) is 0 Å². The number of hydrogen-bond acceptors (Lipinski definition) is 3. The topological polar surface area (TPSA) is 38.5 Å². The predicted octanol–water partition coefficient (Wildman–Crippen LogP) is 1.72. The molecule has 17 heavy (non-hydrogen) atoms. The van der Waals surface area contributed by atoms with Gasteiger partial charge in [0.15, 0.2) is 0 Å². The number of rotatable bonds is 3. The van der Waals surface area contributed by atoms with E-state index in [2.05, 4.69) is 43.0 Å². The molecule has 3 heteroatoms. The summed E-state index contributed by atoms with van der Waals surface area (Å²) in [5.74, 6) is 0. The van der Waals surface area contributed by atoms with Crippen LogP contribution in [0.25, 0.3) is 0 Å². The number of benzene rings is 1. The molecule has 1 aliphatic rings. The first-order valence-corrected chi connectivity index (χ1v) is 6.38. The number of aryl methyl sites for hydroxylation is 1. The van der Waals surface area contributed by atoms with E-state index in [1.807, 2.05) is 0 Å². The molecule has 2 atom stereocenters. The second-order valence-electron chi connectivity index (χ2n) is 4.63. The fraction of sp³-hybridized carbons (Fsp3) is 0.571. The average Bonchev–Trinajstić information content (AvgIpc) is 2.38. The van der Waals surface area contributed by atoms with Gasteiger partial charge < -0.3 is 10.5 Å². The number of likely N-dealkylation sites (N-methyl/N-ethyl adjacent to an activating group) is 1. The van der Waals surface area contributed by atoms with Crippen LogP contribution in [0.5, 0.6) is 0 Å². The van der Waals surface area contributed by atoms with E-state index in [0.717, 1.165) is 19.7 Å². The second-order valence-corrected chi connectivity index (χ2v) is 4.63. The summed E-state index contributed by atoms with van der Waals surface area (Å²) >= 11 is 0. The molecule has 94 valence electrons. The van der Waals surface area contributed by atoms with Crippen LogP contribution in [0.15, 0.2) is 24.3 Å². The molecule has 0 aliphatic carbocycles. The number of ether oxygens (including phenoxy) is 1. The molecule has 0 bridgehead atoms. The highest BCUT2D eigenvalue weighted by atomic mass is 16.5. The number of hydrogen-bond donors (Lipinski definition) is 1. The van der Waals surface area contributed by atoms with Crippen molar-refractivity contribution >= 4 is 0 Å². The molecular weight excluding hydrogens is 212 g/mol. The summed E-state index contributed by atoms with van der Waals surface area (Å²) < 4.78 is 5.79. The van der Waals surface area contributed by atoms with Crippen molar-refractivity contribution in [1.82, 2.24) is 4.90 Å². The Bertz CT molecular complexity index is 338.